The van der Waals surface area contributed by atoms with Crippen LogP contribution in [0.15, 0.2) is 30.7 Å². The molecule has 116 valence electrons. The highest BCUT2D eigenvalue weighted by Crippen LogP contribution is 2.18. The minimum Gasteiger partial charge on any atom is -0.381 e. The van der Waals surface area contributed by atoms with Crippen molar-refractivity contribution in [3.8, 4) is 11.3 Å². The van der Waals surface area contributed by atoms with E-state index in [2.05, 4.69) is 15.4 Å². The van der Waals surface area contributed by atoms with Crippen molar-refractivity contribution in [3.05, 3.63) is 36.3 Å². The van der Waals surface area contributed by atoms with Crippen LogP contribution < -0.4 is 5.32 Å². The maximum absolute atomic E-state index is 12.1. The fourth-order valence-electron chi connectivity index (χ4n) is 2.67. The van der Waals surface area contributed by atoms with E-state index in [4.69, 9.17) is 4.74 Å². The van der Waals surface area contributed by atoms with Gasteiger partial charge in [0, 0.05) is 56.9 Å². The van der Waals surface area contributed by atoms with Crippen LogP contribution in [0.25, 0.3) is 11.3 Å². The van der Waals surface area contributed by atoms with Gasteiger partial charge < -0.3 is 10.1 Å². The van der Waals surface area contributed by atoms with Gasteiger partial charge in [-0.2, -0.15) is 5.10 Å². The average molecular weight is 300 g/mol. The molecule has 2 aromatic rings. The number of amides is 1. The number of hydrogen-bond donors (Lipinski definition) is 1. The molecule has 0 saturated carbocycles. The molecule has 0 spiro atoms. The maximum atomic E-state index is 12.1. The normalized spacial score (nSPS) is 15.7. The average Bonchev–Trinajstić information content (AvgIpc) is 3.00. The van der Waals surface area contributed by atoms with Crippen LogP contribution in [-0.2, 0) is 23.1 Å². The molecular formula is C16H20N4O2. The number of carbonyl (C=O) groups is 1. The number of ether oxygens (including phenoxy) is 1. The van der Waals surface area contributed by atoms with Crippen LogP contribution in [0.3, 0.4) is 0 Å². The number of pyridine rings is 1. The van der Waals surface area contributed by atoms with Crippen LogP contribution in [0.2, 0.25) is 0 Å². The summed E-state index contributed by atoms with van der Waals surface area (Å²) < 4.78 is 7.09. The number of nitrogens with one attached hydrogen (secondary N) is 1. The summed E-state index contributed by atoms with van der Waals surface area (Å²) in [5.41, 5.74) is 2.99. The first-order chi connectivity index (χ1) is 10.7. The Balaban J connectivity index is 1.63. The van der Waals surface area contributed by atoms with Crippen molar-refractivity contribution in [2.75, 3.05) is 13.2 Å². The molecular weight excluding hydrogens is 280 g/mol. The Hall–Kier alpha value is -2.21. The minimum absolute atomic E-state index is 0.0713. The van der Waals surface area contributed by atoms with Crippen LogP contribution in [0.4, 0.5) is 0 Å². The first-order valence-electron chi connectivity index (χ1n) is 7.52. The quantitative estimate of drug-likeness (QED) is 0.929. The van der Waals surface area contributed by atoms with Gasteiger partial charge in [-0.25, -0.2) is 0 Å². The number of rotatable bonds is 4. The molecule has 1 amide bonds. The third-order valence-corrected chi connectivity index (χ3v) is 3.97. The summed E-state index contributed by atoms with van der Waals surface area (Å²) in [4.78, 5) is 16.4. The molecule has 3 rings (SSSR count). The van der Waals surface area contributed by atoms with Gasteiger partial charge in [0.05, 0.1) is 5.69 Å². The van der Waals surface area contributed by atoms with E-state index in [0.717, 1.165) is 29.7 Å². The van der Waals surface area contributed by atoms with Gasteiger partial charge in [0.25, 0.3) is 0 Å². The lowest BCUT2D eigenvalue weighted by atomic mass is 9.99. The summed E-state index contributed by atoms with van der Waals surface area (Å²) in [5.74, 6) is 0.177. The molecule has 3 heterocycles. The largest absolute Gasteiger partial charge is 0.381 e. The van der Waals surface area contributed by atoms with Crippen LogP contribution >= 0.6 is 0 Å². The number of aryl methyl sites for hydroxylation is 1. The Morgan fingerprint density at radius 3 is 2.95 bits per heavy atom. The first kappa shape index (κ1) is 14.7. The van der Waals surface area contributed by atoms with E-state index in [1.165, 1.54) is 0 Å². The minimum atomic E-state index is 0.0713. The molecule has 1 fully saturated rings. The zero-order valence-corrected chi connectivity index (χ0v) is 12.7. The van der Waals surface area contributed by atoms with E-state index in [1.54, 1.807) is 23.3 Å². The molecule has 0 atom stereocenters. The van der Waals surface area contributed by atoms with Crippen molar-refractivity contribution in [3.63, 3.8) is 0 Å². The lowest BCUT2D eigenvalue weighted by Crippen LogP contribution is -2.33. The van der Waals surface area contributed by atoms with Crippen molar-refractivity contribution >= 4 is 5.91 Å². The summed E-state index contributed by atoms with van der Waals surface area (Å²) >= 11 is 0. The molecule has 0 radical (unpaired) electrons. The number of hydrogen-bond acceptors (Lipinski definition) is 4. The van der Waals surface area contributed by atoms with Gasteiger partial charge in [-0.1, -0.05) is 0 Å². The molecule has 0 bridgehead atoms. The lowest BCUT2D eigenvalue weighted by molar-refractivity contribution is -0.128. The Labute approximate surface area is 129 Å². The molecule has 1 aliphatic heterocycles. The zero-order valence-electron chi connectivity index (χ0n) is 12.7. The fourth-order valence-corrected chi connectivity index (χ4v) is 2.67. The molecule has 6 nitrogen and oxygen atoms in total. The van der Waals surface area contributed by atoms with E-state index in [-0.39, 0.29) is 11.8 Å². The topological polar surface area (TPSA) is 69.0 Å². The third kappa shape index (κ3) is 3.33. The molecule has 2 aromatic heterocycles. The Morgan fingerprint density at radius 2 is 2.23 bits per heavy atom. The van der Waals surface area contributed by atoms with Gasteiger partial charge in [0.1, 0.15) is 0 Å². The molecule has 22 heavy (non-hydrogen) atoms. The number of aromatic nitrogens is 3. The third-order valence-electron chi connectivity index (χ3n) is 3.97. The van der Waals surface area contributed by atoms with Crippen molar-refractivity contribution in [2.45, 2.75) is 19.4 Å². The molecule has 6 heteroatoms. The van der Waals surface area contributed by atoms with E-state index < -0.39 is 0 Å². The standard InChI is InChI=1S/C16H20N4O2/c1-20-15(2-5-19-20)14-8-12(9-17-11-14)10-18-16(21)13-3-6-22-7-4-13/h2,5,8-9,11,13H,3-4,6-7,10H2,1H3,(H,18,21). The van der Waals surface area contributed by atoms with Crippen molar-refractivity contribution in [1.29, 1.82) is 0 Å². The molecule has 0 unspecified atom stereocenters. The van der Waals surface area contributed by atoms with Gasteiger partial charge in [-0.15, -0.1) is 0 Å². The van der Waals surface area contributed by atoms with Crippen LogP contribution in [-0.4, -0.2) is 33.9 Å². The highest BCUT2D eigenvalue weighted by Gasteiger charge is 2.21. The van der Waals surface area contributed by atoms with Gasteiger partial charge in [0.2, 0.25) is 5.91 Å². The second kappa shape index (κ2) is 6.70. The molecule has 1 aliphatic rings. The van der Waals surface area contributed by atoms with Gasteiger partial charge in [-0.05, 0) is 30.5 Å². The molecule has 1 saturated heterocycles. The van der Waals surface area contributed by atoms with Gasteiger partial charge >= 0.3 is 0 Å². The van der Waals surface area contributed by atoms with Crippen molar-refractivity contribution in [2.24, 2.45) is 13.0 Å². The van der Waals surface area contributed by atoms with Crippen molar-refractivity contribution < 1.29 is 9.53 Å². The first-order valence-corrected chi connectivity index (χ1v) is 7.52. The Kier molecular flexibility index (Phi) is 4.48. The summed E-state index contributed by atoms with van der Waals surface area (Å²) in [6.07, 6.45) is 6.96. The summed E-state index contributed by atoms with van der Waals surface area (Å²) in [7, 11) is 1.90. The van der Waals surface area contributed by atoms with Crippen LogP contribution in [0, 0.1) is 5.92 Å². The second-order valence-electron chi connectivity index (χ2n) is 5.53. The van der Waals surface area contributed by atoms with Gasteiger partial charge in [-0.3, -0.25) is 14.5 Å². The monoisotopic (exact) mass is 300 g/mol. The van der Waals surface area contributed by atoms with E-state index >= 15 is 0 Å². The number of carbonyl (C=O) groups excluding carboxylic acids is 1. The summed E-state index contributed by atoms with van der Waals surface area (Å²) in [5, 5.41) is 7.16. The predicted octanol–water partition coefficient (Wildman–Crippen LogP) is 1.52. The molecule has 0 aliphatic carbocycles. The summed E-state index contributed by atoms with van der Waals surface area (Å²) in [6, 6.07) is 3.98. The van der Waals surface area contributed by atoms with Crippen LogP contribution in [0.1, 0.15) is 18.4 Å². The van der Waals surface area contributed by atoms with Crippen LogP contribution in [0.5, 0.6) is 0 Å². The van der Waals surface area contributed by atoms with E-state index in [0.29, 0.717) is 19.8 Å². The van der Waals surface area contributed by atoms with Crippen molar-refractivity contribution in [1.82, 2.24) is 20.1 Å². The summed E-state index contributed by atoms with van der Waals surface area (Å²) in [6.45, 7) is 1.85. The Morgan fingerprint density at radius 1 is 1.41 bits per heavy atom. The fraction of sp³-hybridized carbons (Fsp3) is 0.438. The molecule has 1 N–H and O–H groups in total. The maximum Gasteiger partial charge on any atom is 0.223 e. The second-order valence-corrected chi connectivity index (χ2v) is 5.53. The van der Waals surface area contributed by atoms with E-state index in [9.17, 15) is 4.79 Å². The molecule has 0 aromatic carbocycles. The predicted molar refractivity (Wildman–Crippen MR) is 81.8 cm³/mol. The van der Waals surface area contributed by atoms with Gasteiger partial charge in [0.15, 0.2) is 0 Å². The smallest absolute Gasteiger partial charge is 0.223 e. The zero-order chi connectivity index (χ0) is 15.4. The highest BCUT2D eigenvalue weighted by molar-refractivity contribution is 5.78. The lowest BCUT2D eigenvalue weighted by Gasteiger charge is -2.21. The number of nitrogens with zero attached hydrogens (tertiary/aromatic N) is 3. The Bertz CT molecular complexity index is 647. The highest BCUT2D eigenvalue weighted by atomic mass is 16.5. The SMILES string of the molecule is Cn1nccc1-c1cncc(CNC(=O)C2CCOCC2)c1. The van der Waals surface area contributed by atoms with E-state index in [1.807, 2.05) is 19.2 Å².